The monoisotopic (exact) mass is 572 g/mol. The maximum atomic E-state index is 13.0. The number of H-pyrrole nitrogens is 1. The molecule has 4 aromatic rings. The lowest BCUT2D eigenvalue weighted by Crippen LogP contribution is -2.47. The third-order valence-electron chi connectivity index (χ3n) is 5.70. The van der Waals surface area contributed by atoms with Crippen molar-refractivity contribution in [3.05, 3.63) is 76.8 Å². The smallest absolute Gasteiger partial charge is 0.294 e. The van der Waals surface area contributed by atoms with Gasteiger partial charge in [-0.15, -0.1) is 0 Å². The van der Waals surface area contributed by atoms with Gasteiger partial charge in [-0.3, -0.25) is 19.5 Å². The molecule has 0 spiro atoms. The average Bonchev–Trinajstić information content (AvgIpc) is 3.42. The maximum Gasteiger partial charge on any atom is 0.294 e. The summed E-state index contributed by atoms with van der Waals surface area (Å²) in [7, 11) is -4.02. The Morgan fingerprint density at radius 2 is 1.90 bits per heavy atom. The molecule has 1 amide bonds. The van der Waals surface area contributed by atoms with Gasteiger partial charge in [0.1, 0.15) is 5.75 Å². The van der Waals surface area contributed by atoms with Crippen LogP contribution in [0.2, 0.25) is 0 Å². The van der Waals surface area contributed by atoms with Crippen molar-refractivity contribution < 1.29 is 32.3 Å². The topological polar surface area (TPSA) is 198 Å². The van der Waals surface area contributed by atoms with Crippen LogP contribution < -0.4 is 20.9 Å². The fourth-order valence-corrected chi connectivity index (χ4v) is 4.22. The number of hydrogen-bond acceptors (Lipinski definition) is 10. The Hall–Kier alpha value is -4.15. The number of morpholine rings is 1. The van der Waals surface area contributed by atoms with Gasteiger partial charge in [0.2, 0.25) is 5.95 Å². The number of benzene rings is 2. The molecule has 0 radical (unpaired) electrons. The van der Waals surface area contributed by atoms with Gasteiger partial charge in [0.15, 0.2) is 24.0 Å². The number of anilines is 1. The Kier molecular flexibility index (Phi) is 9.23. The van der Waals surface area contributed by atoms with Gasteiger partial charge >= 0.3 is 0 Å². The predicted molar refractivity (Wildman–Crippen MR) is 144 cm³/mol. The number of ether oxygens (including phenoxy) is 2. The van der Waals surface area contributed by atoms with E-state index >= 15 is 0 Å². The number of amides is 1. The molecule has 2 aromatic carbocycles. The van der Waals surface area contributed by atoms with Gasteiger partial charge in [-0.2, -0.15) is 13.4 Å². The second-order valence-electron chi connectivity index (χ2n) is 8.70. The predicted octanol–water partition coefficient (Wildman–Crippen LogP) is 0.858. The van der Waals surface area contributed by atoms with Crippen LogP contribution in [0.5, 0.6) is 5.75 Å². The second kappa shape index (κ2) is 12.8. The molecule has 2 aromatic heterocycles. The molecule has 2 atom stereocenters. The molecule has 5 rings (SSSR count). The lowest BCUT2D eigenvalue weighted by Gasteiger charge is -2.31. The first kappa shape index (κ1) is 28.8. The summed E-state index contributed by atoms with van der Waals surface area (Å²) in [5.74, 6) is 0.0530. The fourth-order valence-electron chi connectivity index (χ4n) is 3.74. The zero-order chi connectivity index (χ0) is 28.7. The molecular weight excluding hydrogens is 544 g/mol. The van der Waals surface area contributed by atoms with E-state index in [0.29, 0.717) is 18.8 Å². The molecule has 14 nitrogen and oxygen atoms in total. The van der Waals surface area contributed by atoms with Crippen molar-refractivity contribution in [3.8, 4) is 5.75 Å². The molecule has 0 unspecified atom stereocenters. The highest BCUT2D eigenvalue weighted by Gasteiger charge is 2.28. The Bertz CT molecular complexity index is 1610. The molecule has 212 valence electrons. The molecule has 3 heterocycles. The standard InChI is InChI=1S/C18H20N6O5.C7H8O3S/c25-8-12-6-19-7-14(29-12)24-17(27)15-16(21-10-20-15)23-18(24)22-13(26)9-28-11-4-2-1-3-5-11;1-6-2-4-7(5-3-6)11(8,9)10/h1-5,10,12,14,19,25H,6-9H2,(H,20,21)(H,22,23,26);2-5H,1H3,(H,8,9,10)/t12-,14+;/m0./s1. The first-order valence-electron chi connectivity index (χ1n) is 12.1. The summed E-state index contributed by atoms with van der Waals surface area (Å²) in [6.45, 7) is 2.13. The largest absolute Gasteiger partial charge is 0.484 e. The van der Waals surface area contributed by atoms with Crippen LogP contribution in [0.1, 0.15) is 11.8 Å². The van der Waals surface area contributed by atoms with E-state index in [2.05, 4.69) is 25.6 Å². The number of nitrogens with zero attached hydrogens (tertiary/aromatic N) is 3. The average molecular weight is 573 g/mol. The molecule has 5 N–H and O–H groups in total. The van der Waals surface area contributed by atoms with Crippen molar-refractivity contribution in [2.24, 2.45) is 0 Å². The molecule has 0 saturated carbocycles. The number of aromatic amines is 1. The Balaban J connectivity index is 0.000000283. The highest BCUT2D eigenvalue weighted by atomic mass is 32.2. The van der Waals surface area contributed by atoms with E-state index in [1.165, 1.54) is 23.0 Å². The van der Waals surface area contributed by atoms with Gasteiger partial charge in [0, 0.05) is 13.1 Å². The second-order valence-corrected chi connectivity index (χ2v) is 10.1. The number of carbonyl (C=O) groups is 1. The summed E-state index contributed by atoms with van der Waals surface area (Å²) < 4.78 is 42.0. The molecule has 15 heteroatoms. The number of carbonyl (C=O) groups excluding carboxylic acids is 1. The number of hydrogen-bond donors (Lipinski definition) is 5. The lowest BCUT2D eigenvalue weighted by atomic mass is 10.2. The number of para-hydroxylation sites is 1. The Morgan fingerprint density at radius 1 is 1.18 bits per heavy atom. The zero-order valence-corrected chi connectivity index (χ0v) is 22.2. The minimum Gasteiger partial charge on any atom is -0.484 e. The SMILES string of the molecule is Cc1ccc(S(=O)(=O)O)cc1.O=C(COc1ccccc1)Nc1nc2[nH]cnc2c(=O)n1[C@H]1CNC[C@@H](CO)O1. The van der Waals surface area contributed by atoms with Crippen molar-refractivity contribution >= 4 is 33.1 Å². The van der Waals surface area contributed by atoms with Crippen LogP contribution in [0.15, 0.2) is 70.6 Å². The third kappa shape index (κ3) is 7.28. The van der Waals surface area contributed by atoms with Gasteiger partial charge in [-0.25, -0.2) is 9.55 Å². The van der Waals surface area contributed by atoms with E-state index in [0.717, 1.165) is 5.56 Å². The maximum absolute atomic E-state index is 13.0. The molecule has 0 bridgehead atoms. The number of fused-ring (bicyclic) bond motifs is 1. The summed E-state index contributed by atoms with van der Waals surface area (Å²) in [6, 6.07) is 14.9. The van der Waals surface area contributed by atoms with E-state index in [1.807, 2.05) is 13.0 Å². The van der Waals surface area contributed by atoms with Gasteiger partial charge in [0.05, 0.1) is 23.9 Å². The van der Waals surface area contributed by atoms with Gasteiger partial charge < -0.3 is 24.9 Å². The number of aromatic nitrogens is 4. The minimum absolute atomic E-state index is 0.00111. The van der Waals surface area contributed by atoms with Crippen molar-refractivity contribution in [2.45, 2.75) is 24.2 Å². The van der Waals surface area contributed by atoms with Crippen LogP contribution in [-0.4, -0.2) is 75.9 Å². The van der Waals surface area contributed by atoms with Crippen molar-refractivity contribution in [1.29, 1.82) is 0 Å². The van der Waals surface area contributed by atoms with Crippen LogP contribution in [-0.2, 0) is 19.6 Å². The van der Waals surface area contributed by atoms with Crippen LogP contribution in [0.4, 0.5) is 5.95 Å². The molecule has 0 aliphatic carbocycles. The van der Waals surface area contributed by atoms with E-state index in [9.17, 15) is 23.1 Å². The van der Waals surface area contributed by atoms with E-state index < -0.39 is 33.9 Å². The van der Waals surface area contributed by atoms with Gasteiger partial charge in [0.25, 0.3) is 21.6 Å². The Morgan fingerprint density at radius 3 is 2.58 bits per heavy atom. The van der Waals surface area contributed by atoms with Crippen molar-refractivity contribution in [3.63, 3.8) is 0 Å². The van der Waals surface area contributed by atoms with E-state index in [1.54, 1.807) is 36.4 Å². The van der Waals surface area contributed by atoms with Crippen LogP contribution >= 0.6 is 0 Å². The number of nitrogens with one attached hydrogen (secondary N) is 3. The summed E-state index contributed by atoms with van der Waals surface area (Å²) in [5.41, 5.74) is 0.851. The molecular formula is C25H28N6O8S. The lowest BCUT2D eigenvalue weighted by molar-refractivity contribution is -0.118. The van der Waals surface area contributed by atoms with E-state index in [4.69, 9.17) is 14.0 Å². The molecule has 1 saturated heterocycles. The zero-order valence-electron chi connectivity index (χ0n) is 21.4. The molecule has 1 aliphatic rings. The summed E-state index contributed by atoms with van der Waals surface area (Å²) in [4.78, 5) is 36.4. The highest BCUT2D eigenvalue weighted by Crippen LogP contribution is 2.19. The van der Waals surface area contributed by atoms with Crippen LogP contribution in [0, 0.1) is 6.92 Å². The quantitative estimate of drug-likeness (QED) is 0.197. The van der Waals surface area contributed by atoms with Crippen molar-refractivity contribution in [2.75, 3.05) is 31.6 Å². The highest BCUT2D eigenvalue weighted by molar-refractivity contribution is 7.85. The fraction of sp³-hybridized carbons (Fsp3) is 0.280. The molecule has 1 fully saturated rings. The van der Waals surface area contributed by atoms with Gasteiger partial charge in [-0.05, 0) is 31.2 Å². The third-order valence-corrected chi connectivity index (χ3v) is 6.57. The first-order chi connectivity index (χ1) is 19.2. The number of rotatable bonds is 7. The Labute approximate surface area is 228 Å². The summed E-state index contributed by atoms with van der Waals surface area (Å²) >= 11 is 0. The number of aryl methyl sites for hydroxylation is 1. The summed E-state index contributed by atoms with van der Waals surface area (Å²) in [6.07, 6.45) is 0.0946. The number of aliphatic hydroxyl groups excluding tert-OH is 1. The summed E-state index contributed by atoms with van der Waals surface area (Å²) in [5, 5.41) is 15.1. The normalized spacial score (nSPS) is 17.1. The van der Waals surface area contributed by atoms with E-state index in [-0.39, 0.29) is 35.2 Å². The van der Waals surface area contributed by atoms with Gasteiger partial charge in [-0.1, -0.05) is 35.9 Å². The minimum atomic E-state index is -4.02. The first-order valence-corrected chi connectivity index (χ1v) is 13.5. The van der Waals surface area contributed by atoms with Crippen LogP contribution in [0.25, 0.3) is 11.2 Å². The molecule has 1 aliphatic heterocycles. The number of imidazole rings is 1. The van der Waals surface area contributed by atoms with Crippen molar-refractivity contribution in [1.82, 2.24) is 24.8 Å². The molecule has 40 heavy (non-hydrogen) atoms. The van der Waals surface area contributed by atoms with Crippen LogP contribution in [0.3, 0.4) is 0 Å². The number of aliphatic hydroxyl groups is 1.